The largest absolute Gasteiger partial charge is 0.419 e. The highest BCUT2D eigenvalue weighted by molar-refractivity contribution is 5.38. The van der Waals surface area contributed by atoms with E-state index in [4.69, 9.17) is 0 Å². The number of halogens is 5. The number of hydrogen-bond acceptors (Lipinski definition) is 1. The van der Waals surface area contributed by atoms with Gasteiger partial charge in [-0.25, -0.2) is 8.78 Å². The Morgan fingerprint density at radius 1 is 0.857 bits per heavy atom. The molecule has 6 heteroatoms. The first-order chi connectivity index (χ1) is 9.64. The standard InChI is InChI=1S/C15H11F5O/c1-14(21,10-4-2-3-5-12(10)16)9-6-7-11(13(17)8-9)15(18,19)20/h2-8,21H,1H3. The fraction of sp³-hybridized carbons (Fsp3) is 0.200. The lowest BCUT2D eigenvalue weighted by atomic mass is 9.87. The molecule has 1 nitrogen and oxygen atoms in total. The quantitative estimate of drug-likeness (QED) is 0.823. The van der Waals surface area contributed by atoms with Crippen LogP contribution in [0.25, 0.3) is 0 Å². The molecule has 2 aromatic rings. The molecule has 0 radical (unpaired) electrons. The molecule has 0 aromatic heterocycles. The Kier molecular flexibility index (Phi) is 3.76. The van der Waals surface area contributed by atoms with Crippen molar-refractivity contribution in [3.63, 3.8) is 0 Å². The molecule has 0 saturated carbocycles. The van der Waals surface area contributed by atoms with Crippen LogP contribution < -0.4 is 0 Å². The summed E-state index contributed by atoms with van der Waals surface area (Å²) in [5.74, 6) is -2.25. The first-order valence-electron chi connectivity index (χ1n) is 5.98. The average molecular weight is 302 g/mol. The Labute approximate surface area is 117 Å². The van der Waals surface area contributed by atoms with Gasteiger partial charge in [0.2, 0.25) is 0 Å². The molecule has 1 unspecified atom stereocenters. The minimum atomic E-state index is -4.83. The van der Waals surface area contributed by atoms with Crippen LogP contribution in [0.1, 0.15) is 23.6 Å². The van der Waals surface area contributed by atoms with Crippen molar-refractivity contribution in [2.24, 2.45) is 0 Å². The first-order valence-corrected chi connectivity index (χ1v) is 5.98. The second-order valence-corrected chi connectivity index (χ2v) is 4.74. The van der Waals surface area contributed by atoms with Crippen molar-refractivity contribution in [2.45, 2.75) is 18.7 Å². The molecule has 2 aromatic carbocycles. The molecule has 0 aliphatic rings. The summed E-state index contributed by atoms with van der Waals surface area (Å²) in [5, 5.41) is 10.4. The minimum Gasteiger partial charge on any atom is -0.381 e. The van der Waals surface area contributed by atoms with Crippen molar-refractivity contribution in [3.8, 4) is 0 Å². The normalized spacial score (nSPS) is 14.8. The Hall–Kier alpha value is -1.95. The SMILES string of the molecule is CC(O)(c1ccc(C(F)(F)F)c(F)c1)c1ccccc1F. The Bertz CT molecular complexity index is 661. The van der Waals surface area contributed by atoms with Crippen LogP contribution in [0.4, 0.5) is 22.0 Å². The minimum absolute atomic E-state index is 0.149. The monoisotopic (exact) mass is 302 g/mol. The van der Waals surface area contributed by atoms with E-state index < -0.39 is 29.0 Å². The summed E-state index contributed by atoms with van der Waals surface area (Å²) in [4.78, 5) is 0. The molecular weight excluding hydrogens is 291 g/mol. The summed E-state index contributed by atoms with van der Waals surface area (Å²) in [6, 6.07) is 7.28. The number of benzene rings is 2. The fourth-order valence-electron chi connectivity index (χ4n) is 2.06. The molecule has 112 valence electrons. The van der Waals surface area contributed by atoms with Crippen LogP contribution >= 0.6 is 0 Å². The lowest BCUT2D eigenvalue weighted by Crippen LogP contribution is -2.25. The van der Waals surface area contributed by atoms with E-state index in [1.165, 1.54) is 25.1 Å². The summed E-state index contributed by atoms with van der Waals surface area (Å²) in [7, 11) is 0. The van der Waals surface area contributed by atoms with E-state index in [9.17, 15) is 27.1 Å². The molecule has 1 N–H and O–H groups in total. The van der Waals surface area contributed by atoms with Crippen molar-refractivity contribution in [1.29, 1.82) is 0 Å². The summed E-state index contributed by atoms with van der Waals surface area (Å²) < 4.78 is 64.8. The fourth-order valence-corrected chi connectivity index (χ4v) is 2.06. The van der Waals surface area contributed by atoms with Gasteiger partial charge in [0.1, 0.15) is 17.2 Å². The maximum Gasteiger partial charge on any atom is 0.419 e. The van der Waals surface area contributed by atoms with Crippen LogP contribution in [0, 0.1) is 11.6 Å². The molecule has 0 heterocycles. The van der Waals surface area contributed by atoms with E-state index in [2.05, 4.69) is 0 Å². The third kappa shape index (κ3) is 2.90. The third-order valence-electron chi connectivity index (χ3n) is 3.23. The predicted molar refractivity (Wildman–Crippen MR) is 66.5 cm³/mol. The van der Waals surface area contributed by atoms with Gasteiger partial charge in [-0.3, -0.25) is 0 Å². The zero-order valence-electron chi connectivity index (χ0n) is 10.9. The van der Waals surface area contributed by atoms with E-state index in [1.807, 2.05) is 0 Å². The van der Waals surface area contributed by atoms with Gasteiger partial charge in [0.05, 0.1) is 5.56 Å². The van der Waals surface area contributed by atoms with Crippen LogP contribution in [-0.4, -0.2) is 5.11 Å². The van der Waals surface area contributed by atoms with E-state index in [1.54, 1.807) is 0 Å². The van der Waals surface area contributed by atoms with Crippen LogP contribution in [0.3, 0.4) is 0 Å². The second kappa shape index (κ2) is 5.11. The summed E-state index contributed by atoms with van der Waals surface area (Å²) in [6.07, 6.45) is -4.83. The van der Waals surface area contributed by atoms with Crippen molar-refractivity contribution in [3.05, 3.63) is 70.8 Å². The number of aliphatic hydroxyl groups is 1. The lowest BCUT2D eigenvalue weighted by molar-refractivity contribution is -0.140. The van der Waals surface area contributed by atoms with Crippen molar-refractivity contribution < 1.29 is 27.1 Å². The smallest absolute Gasteiger partial charge is 0.381 e. The summed E-state index contributed by atoms with van der Waals surface area (Å²) in [5.41, 5.74) is -3.70. The molecule has 0 aliphatic carbocycles. The zero-order chi connectivity index (χ0) is 15.8. The maximum atomic E-state index is 13.7. The van der Waals surface area contributed by atoms with Gasteiger partial charge < -0.3 is 5.11 Å². The summed E-state index contributed by atoms with van der Waals surface area (Å²) >= 11 is 0. The highest BCUT2D eigenvalue weighted by Crippen LogP contribution is 2.36. The molecule has 0 amide bonds. The molecule has 0 fully saturated rings. The lowest BCUT2D eigenvalue weighted by Gasteiger charge is -2.25. The van der Waals surface area contributed by atoms with Crippen molar-refractivity contribution in [2.75, 3.05) is 0 Å². The average Bonchev–Trinajstić information content (AvgIpc) is 2.37. The van der Waals surface area contributed by atoms with Crippen LogP contribution in [-0.2, 0) is 11.8 Å². The highest BCUT2D eigenvalue weighted by atomic mass is 19.4. The predicted octanol–water partition coefficient (Wildman–Crippen LogP) is 4.24. The van der Waals surface area contributed by atoms with Gasteiger partial charge in [-0.15, -0.1) is 0 Å². The number of alkyl halides is 3. The topological polar surface area (TPSA) is 20.2 Å². The van der Waals surface area contributed by atoms with Gasteiger partial charge in [-0.05, 0) is 30.7 Å². The molecule has 0 bridgehead atoms. The molecule has 21 heavy (non-hydrogen) atoms. The van der Waals surface area contributed by atoms with Gasteiger partial charge in [0.25, 0.3) is 0 Å². The van der Waals surface area contributed by atoms with Gasteiger partial charge in [0, 0.05) is 5.56 Å². The number of hydrogen-bond donors (Lipinski definition) is 1. The van der Waals surface area contributed by atoms with Crippen LogP contribution in [0.15, 0.2) is 42.5 Å². The molecule has 0 spiro atoms. The van der Waals surface area contributed by atoms with Crippen molar-refractivity contribution in [1.82, 2.24) is 0 Å². The molecular formula is C15H11F5O. The third-order valence-corrected chi connectivity index (χ3v) is 3.23. The Morgan fingerprint density at radius 3 is 2.00 bits per heavy atom. The van der Waals surface area contributed by atoms with E-state index in [0.717, 1.165) is 12.1 Å². The van der Waals surface area contributed by atoms with Gasteiger partial charge in [-0.1, -0.05) is 24.3 Å². The van der Waals surface area contributed by atoms with Crippen molar-refractivity contribution >= 4 is 0 Å². The molecule has 2 rings (SSSR count). The second-order valence-electron chi connectivity index (χ2n) is 4.74. The molecule has 1 atom stereocenters. The van der Waals surface area contributed by atoms with Gasteiger partial charge >= 0.3 is 6.18 Å². The molecule has 0 aliphatic heterocycles. The van der Waals surface area contributed by atoms with Crippen LogP contribution in [0.5, 0.6) is 0 Å². The first kappa shape index (κ1) is 15.4. The van der Waals surface area contributed by atoms with E-state index in [0.29, 0.717) is 12.1 Å². The van der Waals surface area contributed by atoms with Gasteiger partial charge in [0.15, 0.2) is 0 Å². The Morgan fingerprint density at radius 2 is 1.48 bits per heavy atom. The zero-order valence-corrected chi connectivity index (χ0v) is 10.9. The van der Waals surface area contributed by atoms with Crippen LogP contribution in [0.2, 0.25) is 0 Å². The van der Waals surface area contributed by atoms with E-state index >= 15 is 0 Å². The highest BCUT2D eigenvalue weighted by Gasteiger charge is 2.36. The molecule has 0 saturated heterocycles. The number of rotatable bonds is 2. The summed E-state index contributed by atoms with van der Waals surface area (Å²) in [6.45, 7) is 1.19. The van der Waals surface area contributed by atoms with Gasteiger partial charge in [-0.2, -0.15) is 13.2 Å². The maximum absolute atomic E-state index is 13.7. The van der Waals surface area contributed by atoms with E-state index in [-0.39, 0.29) is 11.1 Å². The Balaban J connectivity index is 2.52.